The molecule has 0 unspecified atom stereocenters. The third-order valence-corrected chi connectivity index (χ3v) is 6.00. The van der Waals surface area contributed by atoms with Crippen LogP contribution in [0.5, 0.6) is 0 Å². The van der Waals surface area contributed by atoms with Gasteiger partial charge in [-0.25, -0.2) is 9.97 Å². The number of rotatable bonds is 3. The Balaban J connectivity index is 1.38. The highest BCUT2D eigenvalue weighted by atomic mass is 32.1. The summed E-state index contributed by atoms with van der Waals surface area (Å²) in [6.45, 7) is 2.29. The maximum atomic E-state index is 12.4. The van der Waals surface area contributed by atoms with Gasteiger partial charge in [0.05, 0.1) is 18.2 Å². The number of carbonyl (C=O) groups excluding carboxylic acids is 1. The molecule has 6 nitrogen and oxygen atoms in total. The monoisotopic (exact) mass is 331 g/mol. The molecule has 1 saturated carbocycles. The van der Waals surface area contributed by atoms with Crippen molar-refractivity contribution in [2.75, 3.05) is 13.1 Å². The maximum Gasteiger partial charge on any atom is 0.280 e. The molecule has 2 N–H and O–H groups in total. The lowest BCUT2D eigenvalue weighted by Gasteiger charge is -2.47. The molecule has 3 heterocycles. The van der Waals surface area contributed by atoms with Crippen LogP contribution in [0.2, 0.25) is 0 Å². The molecular formula is C16H21N5OS. The molecule has 4 rings (SSSR count). The van der Waals surface area contributed by atoms with Crippen LogP contribution in [0.4, 0.5) is 0 Å². The Morgan fingerprint density at radius 1 is 1.43 bits per heavy atom. The van der Waals surface area contributed by atoms with Crippen LogP contribution in [-0.2, 0) is 7.05 Å². The minimum Gasteiger partial charge on any atom is -0.347 e. The highest BCUT2D eigenvalue weighted by molar-refractivity contribution is 7.12. The van der Waals surface area contributed by atoms with Gasteiger partial charge in [-0.05, 0) is 31.1 Å². The largest absolute Gasteiger partial charge is 0.347 e. The second-order valence-electron chi connectivity index (χ2n) is 6.78. The first kappa shape index (κ1) is 14.8. The molecule has 2 aromatic heterocycles. The zero-order valence-electron chi connectivity index (χ0n) is 13.2. The van der Waals surface area contributed by atoms with Crippen LogP contribution in [0.3, 0.4) is 0 Å². The molecule has 122 valence electrons. The Labute approximate surface area is 139 Å². The van der Waals surface area contributed by atoms with Crippen molar-refractivity contribution in [3.05, 3.63) is 22.9 Å². The van der Waals surface area contributed by atoms with E-state index >= 15 is 0 Å². The smallest absolute Gasteiger partial charge is 0.280 e. The molecule has 0 bridgehead atoms. The zero-order valence-corrected chi connectivity index (χ0v) is 14.0. The van der Waals surface area contributed by atoms with Gasteiger partial charge < -0.3 is 15.2 Å². The van der Waals surface area contributed by atoms with Crippen LogP contribution in [0.25, 0.3) is 11.4 Å². The van der Waals surface area contributed by atoms with Crippen molar-refractivity contribution in [2.24, 2.45) is 12.5 Å². The lowest BCUT2D eigenvalue weighted by molar-refractivity contribution is 0.0780. The van der Waals surface area contributed by atoms with Gasteiger partial charge in [0.15, 0.2) is 5.01 Å². The number of aryl methyl sites for hydroxylation is 1. The number of aromatic nitrogens is 3. The lowest BCUT2D eigenvalue weighted by atomic mass is 9.68. The molecule has 1 saturated heterocycles. The van der Waals surface area contributed by atoms with E-state index in [4.69, 9.17) is 0 Å². The quantitative estimate of drug-likeness (QED) is 0.900. The van der Waals surface area contributed by atoms with Crippen LogP contribution in [0.1, 0.15) is 35.5 Å². The standard InChI is InChI=1S/C16H21N5OS/c1-21-10-17-6-13(21)12-7-23-15(20-12)14(22)19-11-2-4-16(5-3-11)8-18-9-16/h6-7,10-11,18H,2-5,8-9H2,1H3,(H,19,22). The number of thiazole rings is 1. The Hall–Kier alpha value is -1.73. The van der Waals surface area contributed by atoms with Gasteiger partial charge in [0.25, 0.3) is 5.91 Å². The van der Waals surface area contributed by atoms with Gasteiger partial charge >= 0.3 is 0 Å². The molecule has 2 fully saturated rings. The minimum atomic E-state index is -0.0453. The summed E-state index contributed by atoms with van der Waals surface area (Å²) in [4.78, 5) is 21.0. The average molecular weight is 331 g/mol. The first-order valence-electron chi connectivity index (χ1n) is 8.09. The number of nitrogens with one attached hydrogen (secondary N) is 2. The summed E-state index contributed by atoms with van der Waals surface area (Å²) in [6, 6.07) is 0.290. The number of amides is 1. The van der Waals surface area contributed by atoms with Crippen LogP contribution >= 0.6 is 11.3 Å². The van der Waals surface area contributed by atoms with E-state index < -0.39 is 0 Å². The molecule has 1 amide bonds. The van der Waals surface area contributed by atoms with Gasteiger partial charge in [0.1, 0.15) is 5.69 Å². The Morgan fingerprint density at radius 3 is 2.83 bits per heavy atom. The minimum absolute atomic E-state index is 0.0453. The second-order valence-corrected chi connectivity index (χ2v) is 7.64. The maximum absolute atomic E-state index is 12.4. The van der Waals surface area contributed by atoms with Crippen molar-refractivity contribution in [1.82, 2.24) is 25.2 Å². The van der Waals surface area contributed by atoms with E-state index in [1.54, 1.807) is 12.5 Å². The summed E-state index contributed by atoms with van der Waals surface area (Å²) >= 11 is 1.39. The van der Waals surface area contributed by atoms with E-state index in [0.29, 0.717) is 10.4 Å². The first-order chi connectivity index (χ1) is 11.2. The fourth-order valence-corrected chi connectivity index (χ4v) is 4.27. The van der Waals surface area contributed by atoms with Gasteiger partial charge in [-0.3, -0.25) is 4.79 Å². The second kappa shape index (κ2) is 5.72. The van der Waals surface area contributed by atoms with Crippen molar-refractivity contribution < 1.29 is 4.79 Å². The van der Waals surface area contributed by atoms with Crippen molar-refractivity contribution >= 4 is 17.2 Å². The molecule has 2 aliphatic rings. The highest BCUT2D eigenvalue weighted by Crippen LogP contribution is 2.39. The topological polar surface area (TPSA) is 71.8 Å². The SMILES string of the molecule is Cn1cncc1-c1csc(C(=O)NC2CCC3(CC2)CNC3)n1. The van der Waals surface area contributed by atoms with E-state index in [-0.39, 0.29) is 11.9 Å². The van der Waals surface area contributed by atoms with E-state index in [2.05, 4.69) is 20.6 Å². The summed E-state index contributed by atoms with van der Waals surface area (Å²) in [5, 5.41) is 8.98. The lowest BCUT2D eigenvalue weighted by Crippen LogP contribution is -2.56. The summed E-state index contributed by atoms with van der Waals surface area (Å²) in [7, 11) is 1.93. The van der Waals surface area contributed by atoms with E-state index in [0.717, 1.165) is 37.3 Å². The molecule has 7 heteroatoms. The first-order valence-corrected chi connectivity index (χ1v) is 8.97. The van der Waals surface area contributed by atoms with Crippen LogP contribution in [-0.4, -0.2) is 39.6 Å². The molecule has 0 aromatic carbocycles. The molecule has 23 heavy (non-hydrogen) atoms. The number of hydrogen-bond donors (Lipinski definition) is 2. The Bertz CT molecular complexity index is 708. The van der Waals surface area contributed by atoms with Crippen LogP contribution in [0, 0.1) is 5.41 Å². The van der Waals surface area contributed by atoms with Crippen molar-refractivity contribution in [3.8, 4) is 11.4 Å². The van der Waals surface area contributed by atoms with E-state index in [1.807, 2.05) is 17.0 Å². The third kappa shape index (κ3) is 2.79. The third-order valence-electron chi connectivity index (χ3n) is 5.16. The Kier molecular flexibility index (Phi) is 3.69. The number of hydrogen-bond acceptors (Lipinski definition) is 5. The predicted molar refractivity (Wildman–Crippen MR) is 89.3 cm³/mol. The molecule has 0 radical (unpaired) electrons. The fraction of sp³-hybridized carbons (Fsp3) is 0.562. The van der Waals surface area contributed by atoms with E-state index in [1.165, 1.54) is 24.2 Å². The zero-order chi connectivity index (χ0) is 15.9. The van der Waals surface area contributed by atoms with E-state index in [9.17, 15) is 4.79 Å². The number of carbonyl (C=O) groups is 1. The predicted octanol–water partition coefficient (Wildman–Crippen LogP) is 1.81. The molecule has 1 aliphatic carbocycles. The van der Waals surface area contributed by atoms with Crippen molar-refractivity contribution in [2.45, 2.75) is 31.7 Å². The summed E-state index contributed by atoms with van der Waals surface area (Å²) in [5.74, 6) is -0.0453. The number of imidazole rings is 1. The van der Waals surface area contributed by atoms with Crippen LogP contribution < -0.4 is 10.6 Å². The average Bonchev–Trinajstić information content (AvgIpc) is 3.15. The normalized spacial score (nSPS) is 20.4. The van der Waals surface area contributed by atoms with Crippen molar-refractivity contribution in [1.29, 1.82) is 0 Å². The summed E-state index contributed by atoms with van der Waals surface area (Å²) in [6.07, 6.45) is 8.08. The van der Waals surface area contributed by atoms with Gasteiger partial charge in [0.2, 0.25) is 0 Å². The van der Waals surface area contributed by atoms with Gasteiger partial charge in [0, 0.05) is 31.6 Å². The Morgan fingerprint density at radius 2 is 2.22 bits per heavy atom. The molecule has 2 aromatic rings. The fourth-order valence-electron chi connectivity index (χ4n) is 3.55. The molecular weight excluding hydrogens is 310 g/mol. The van der Waals surface area contributed by atoms with Gasteiger partial charge in [-0.1, -0.05) is 0 Å². The summed E-state index contributed by atoms with van der Waals surface area (Å²) < 4.78 is 1.91. The van der Waals surface area contributed by atoms with Crippen molar-refractivity contribution in [3.63, 3.8) is 0 Å². The number of nitrogens with zero attached hydrogens (tertiary/aromatic N) is 3. The molecule has 0 atom stereocenters. The van der Waals surface area contributed by atoms with Gasteiger partial charge in [-0.15, -0.1) is 11.3 Å². The molecule has 1 aliphatic heterocycles. The summed E-state index contributed by atoms with van der Waals surface area (Å²) in [5.41, 5.74) is 2.26. The van der Waals surface area contributed by atoms with Gasteiger partial charge in [-0.2, -0.15) is 0 Å². The van der Waals surface area contributed by atoms with Crippen LogP contribution in [0.15, 0.2) is 17.9 Å². The molecule has 1 spiro atoms. The highest BCUT2D eigenvalue weighted by Gasteiger charge is 2.40.